The lowest BCUT2D eigenvalue weighted by molar-refractivity contribution is -0.135. The van der Waals surface area contributed by atoms with Gasteiger partial charge in [-0.25, -0.2) is 4.68 Å². The van der Waals surface area contributed by atoms with Crippen LogP contribution in [0.25, 0.3) is 16.9 Å². The number of amides is 2. The fourth-order valence-electron chi connectivity index (χ4n) is 4.88. The monoisotopic (exact) mass is 486 g/mol. The molecule has 0 bridgehead atoms. The molecule has 0 unspecified atom stereocenters. The van der Waals surface area contributed by atoms with Crippen molar-refractivity contribution in [2.75, 3.05) is 18.4 Å². The van der Waals surface area contributed by atoms with Gasteiger partial charge < -0.3 is 10.2 Å². The predicted molar refractivity (Wildman–Crippen MR) is 145 cm³/mol. The SMILES string of the molecule is CCCCN(CC(=O)Nc1cc(-c2ccccc2)nn1-c1ccc(C)cc1)C(=O)CCC1CCCC1. The van der Waals surface area contributed by atoms with Gasteiger partial charge in [0, 0.05) is 24.6 Å². The number of nitrogens with one attached hydrogen (secondary N) is 1. The lowest BCUT2D eigenvalue weighted by Gasteiger charge is -2.23. The van der Waals surface area contributed by atoms with E-state index >= 15 is 0 Å². The lowest BCUT2D eigenvalue weighted by atomic mass is 10.0. The zero-order chi connectivity index (χ0) is 25.3. The van der Waals surface area contributed by atoms with E-state index in [2.05, 4.69) is 12.2 Å². The predicted octanol–water partition coefficient (Wildman–Crippen LogP) is 6.39. The van der Waals surface area contributed by atoms with Crippen LogP contribution in [0.2, 0.25) is 0 Å². The van der Waals surface area contributed by atoms with Crippen molar-refractivity contribution in [3.05, 3.63) is 66.2 Å². The topological polar surface area (TPSA) is 67.2 Å². The Kier molecular flexibility index (Phi) is 8.93. The molecule has 1 N–H and O–H groups in total. The maximum Gasteiger partial charge on any atom is 0.245 e. The van der Waals surface area contributed by atoms with Gasteiger partial charge in [0.05, 0.1) is 17.9 Å². The molecule has 190 valence electrons. The normalized spacial score (nSPS) is 13.6. The first-order valence-corrected chi connectivity index (χ1v) is 13.3. The van der Waals surface area contributed by atoms with Crippen molar-refractivity contribution in [2.24, 2.45) is 5.92 Å². The molecule has 0 spiro atoms. The highest BCUT2D eigenvalue weighted by Crippen LogP contribution is 2.29. The molecule has 36 heavy (non-hydrogen) atoms. The van der Waals surface area contributed by atoms with E-state index in [1.54, 1.807) is 9.58 Å². The van der Waals surface area contributed by atoms with Crippen LogP contribution in [0.4, 0.5) is 5.82 Å². The van der Waals surface area contributed by atoms with E-state index < -0.39 is 0 Å². The van der Waals surface area contributed by atoms with E-state index in [4.69, 9.17) is 5.10 Å². The van der Waals surface area contributed by atoms with Crippen LogP contribution in [-0.4, -0.2) is 39.6 Å². The van der Waals surface area contributed by atoms with Gasteiger partial charge in [0.25, 0.3) is 0 Å². The van der Waals surface area contributed by atoms with E-state index in [1.165, 1.54) is 25.7 Å². The number of aromatic nitrogens is 2. The summed E-state index contributed by atoms with van der Waals surface area (Å²) in [6, 6.07) is 19.9. The first-order chi connectivity index (χ1) is 17.5. The molecule has 4 rings (SSSR count). The summed E-state index contributed by atoms with van der Waals surface area (Å²) < 4.78 is 1.76. The molecule has 1 aliphatic rings. The van der Waals surface area contributed by atoms with Crippen LogP contribution in [0.5, 0.6) is 0 Å². The van der Waals surface area contributed by atoms with Crippen molar-refractivity contribution in [1.82, 2.24) is 14.7 Å². The smallest absolute Gasteiger partial charge is 0.245 e. The molecule has 0 atom stereocenters. The number of rotatable bonds is 11. The summed E-state index contributed by atoms with van der Waals surface area (Å²) in [6.45, 7) is 4.81. The Morgan fingerprint density at radius 2 is 1.78 bits per heavy atom. The third-order valence-corrected chi connectivity index (χ3v) is 7.03. The van der Waals surface area contributed by atoms with Gasteiger partial charge in [0.15, 0.2) is 0 Å². The summed E-state index contributed by atoms with van der Waals surface area (Å²) in [5.41, 5.74) is 3.78. The molecule has 6 heteroatoms. The van der Waals surface area contributed by atoms with E-state index in [0.29, 0.717) is 24.7 Å². The van der Waals surface area contributed by atoms with Crippen LogP contribution in [0, 0.1) is 12.8 Å². The quantitative estimate of drug-likeness (QED) is 0.342. The zero-order valence-electron chi connectivity index (χ0n) is 21.6. The highest BCUT2D eigenvalue weighted by atomic mass is 16.2. The Hall–Kier alpha value is -3.41. The van der Waals surface area contributed by atoms with Gasteiger partial charge in [-0.05, 0) is 37.8 Å². The molecule has 6 nitrogen and oxygen atoms in total. The van der Waals surface area contributed by atoms with Gasteiger partial charge in [0.1, 0.15) is 5.82 Å². The summed E-state index contributed by atoms with van der Waals surface area (Å²) in [6.07, 6.45) is 8.35. The van der Waals surface area contributed by atoms with Crippen LogP contribution in [-0.2, 0) is 9.59 Å². The molecule has 2 aromatic carbocycles. The second-order valence-corrected chi connectivity index (χ2v) is 9.93. The molecular formula is C30H38N4O2. The molecular weight excluding hydrogens is 448 g/mol. The maximum absolute atomic E-state index is 13.2. The average molecular weight is 487 g/mol. The number of aryl methyl sites for hydroxylation is 1. The van der Waals surface area contributed by atoms with Crippen molar-refractivity contribution >= 4 is 17.6 Å². The molecule has 1 heterocycles. The molecule has 0 radical (unpaired) electrons. The zero-order valence-corrected chi connectivity index (χ0v) is 21.6. The van der Waals surface area contributed by atoms with Gasteiger partial charge in [-0.1, -0.05) is 87.1 Å². The average Bonchev–Trinajstić information content (AvgIpc) is 3.56. The van der Waals surface area contributed by atoms with Gasteiger partial charge in [-0.15, -0.1) is 0 Å². The lowest BCUT2D eigenvalue weighted by Crippen LogP contribution is -2.39. The fraction of sp³-hybridized carbons (Fsp3) is 0.433. The molecule has 1 aromatic heterocycles. The summed E-state index contributed by atoms with van der Waals surface area (Å²) in [5.74, 6) is 1.14. The van der Waals surface area contributed by atoms with E-state index in [9.17, 15) is 9.59 Å². The number of nitrogens with zero attached hydrogens (tertiary/aromatic N) is 3. The first-order valence-electron chi connectivity index (χ1n) is 13.3. The number of benzene rings is 2. The maximum atomic E-state index is 13.2. The first kappa shape index (κ1) is 25.7. The van der Waals surface area contributed by atoms with Crippen LogP contribution in [0.1, 0.15) is 63.9 Å². The van der Waals surface area contributed by atoms with Crippen molar-refractivity contribution in [1.29, 1.82) is 0 Å². The summed E-state index contributed by atoms with van der Waals surface area (Å²) >= 11 is 0. The minimum atomic E-state index is -0.201. The number of carbonyl (C=O) groups is 2. The van der Waals surface area contributed by atoms with Gasteiger partial charge in [-0.3, -0.25) is 9.59 Å². The third-order valence-electron chi connectivity index (χ3n) is 7.03. The summed E-state index contributed by atoms with van der Waals surface area (Å²) in [5, 5.41) is 7.83. The molecule has 1 aliphatic carbocycles. The summed E-state index contributed by atoms with van der Waals surface area (Å²) in [4.78, 5) is 28.0. The molecule has 0 aliphatic heterocycles. The number of hydrogen-bond donors (Lipinski definition) is 1. The Bertz CT molecular complexity index is 1130. The Balaban J connectivity index is 1.50. The molecule has 1 fully saturated rings. The van der Waals surface area contributed by atoms with Gasteiger partial charge in [-0.2, -0.15) is 5.10 Å². The van der Waals surface area contributed by atoms with Gasteiger partial charge in [0.2, 0.25) is 11.8 Å². The Morgan fingerprint density at radius 3 is 2.47 bits per heavy atom. The van der Waals surface area contributed by atoms with Crippen LogP contribution >= 0.6 is 0 Å². The standard InChI is InChI=1S/C30H38N4O2/c1-3-4-20-33(30(36)19-16-24-10-8-9-11-24)22-29(35)31-28-21-27(25-12-6-5-7-13-25)32-34(28)26-17-14-23(2)15-18-26/h5-7,12-15,17-18,21,24H,3-4,8-11,16,19-20,22H2,1-2H3,(H,31,35). The summed E-state index contributed by atoms with van der Waals surface area (Å²) in [7, 11) is 0. The van der Waals surface area contributed by atoms with Crippen LogP contribution in [0.3, 0.4) is 0 Å². The number of carbonyl (C=O) groups excluding carboxylic acids is 2. The number of unbranched alkanes of at least 4 members (excludes halogenated alkanes) is 1. The van der Waals surface area contributed by atoms with Crippen molar-refractivity contribution in [2.45, 2.75) is 65.2 Å². The van der Waals surface area contributed by atoms with Crippen molar-refractivity contribution in [3.63, 3.8) is 0 Å². The van der Waals surface area contributed by atoms with Crippen LogP contribution in [0.15, 0.2) is 60.7 Å². The van der Waals surface area contributed by atoms with Crippen molar-refractivity contribution in [3.8, 4) is 16.9 Å². The van der Waals surface area contributed by atoms with Crippen LogP contribution < -0.4 is 5.32 Å². The Morgan fingerprint density at radius 1 is 1.06 bits per heavy atom. The molecule has 2 amide bonds. The molecule has 3 aromatic rings. The second kappa shape index (κ2) is 12.5. The van der Waals surface area contributed by atoms with Gasteiger partial charge >= 0.3 is 0 Å². The molecule has 1 saturated carbocycles. The minimum absolute atomic E-state index is 0.0588. The highest BCUT2D eigenvalue weighted by Gasteiger charge is 2.22. The highest BCUT2D eigenvalue weighted by molar-refractivity contribution is 5.94. The molecule has 0 saturated heterocycles. The van der Waals surface area contributed by atoms with E-state index in [0.717, 1.165) is 41.8 Å². The second-order valence-electron chi connectivity index (χ2n) is 9.93. The minimum Gasteiger partial charge on any atom is -0.333 e. The largest absolute Gasteiger partial charge is 0.333 e. The Labute approximate surface area is 214 Å². The third kappa shape index (κ3) is 6.84. The number of anilines is 1. The van der Waals surface area contributed by atoms with E-state index in [-0.39, 0.29) is 18.4 Å². The van der Waals surface area contributed by atoms with Crippen molar-refractivity contribution < 1.29 is 9.59 Å². The fourth-order valence-corrected chi connectivity index (χ4v) is 4.88. The number of hydrogen-bond acceptors (Lipinski definition) is 3. The van der Waals surface area contributed by atoms with E-state index in [1.807, 2.05) is 67.6 Å².